The second-order valence-electron chi connectivity index (χ2n) is 4.49. The number of hydrogen-bond donors (Lipinski definition) is 0. The van der Waals surface area contributed by atoms with E-state index in [4.69, 9.17) is 18.6 Å². The van der Waals surface area contributed by atoms with E-state index in [1.54, 1.807) is 0 Å². The van der Waals surface area contributed by atoms with Gasteiger partial charge in [0.25, 0.3) is 0 Å². The van der Waals surface area contributed by atoms with Crippen molar-refractivity contribution in [3.05, 3.63) is 0 Å². The smallest absolute Gasteiger partial charge is 0.183 e. The molecule has 4 nitrogen and oxygen atoms in total. The summed E-state index contributed by atoms with van der Waals surface area (Å²) in [5.74, 6) is 0. The lowest BCUT2D eigenvalue weighted by atomic mass is 10.7. The zero-order chi connectivity index (χ0) is 13.0. The molecule has 17 heavy (non-hydrogen) atoms. The van der Waals surface area contributed by atoms with Gasteiger partial charge in [-0.25, -0.2) is 0 Å². The molecule has 0 aromatic carbocycles. The Labute approximate surface area is 120 Å². The highest BCUT2D eigenvalue weighted by Crippen LogP contribution is 2.01. The highest BCUT2D eigenvalue weighted by molar-refractivity contribution is 14.1. The quantitative estimate of drug-likeness (QED) is 0.227. The minimum absolute atomic E-state index is 0.626. The van der Waals surface area contributed by atoms with Gasteiger partial charge in [0.05, 0.1) is 46.2 Å². The van der Waals surface area contributed by atoms with Crippen LogP contribution in [0.5, 0.6) is 0 Å². The SMILES string of the molecule is C[Si](C)(C)OCCOCCOCCOCCI. The molecule has 0 rings (SSSR count). The molecule has 0 fully saturated rings. The predicted molar refractivity (Wildman–Crippen MR) is 80.6 cm³/mol. The summed E-state index contributed by atoms with van der Waals surface area (Å²) in [5, 5.41) is 0. The van der Waals surface area contributed by atoms with Crippen molar-refractivity contribution >= 4 is 30.9 Å². The van der Waals surface area contributed by atoms with Crippen molar-refractivity contribution in [1.29, 1.82) is 0 Å². The summed E-state index contributed by atoms with van der Waals surface area (Å²) in [6.45, 7) is 11.2. The molecule has 0 heterocycles. The largest absolute Gasteiger partial charge is 0.415 e. The summed E-state index contributed by atoms with van der Waals surface area (Å²) in [4.78, 5) is 0. The molecule has 0 radical (unpaired) electrons. The molecule has 6 heteroatoms. The molecule has 0 aromatic rings. The van der Waals surface area contributed by atoms with E-state index < -0.39 is 8.32 Å². The van der Waals surface area contributed by atoms with Gasteiger partial charge in [-0.1, -0.05) is 22.6 Å². The van der Waals surface area contributed by atoms with E-state index in [1.807, 2.05) is 0 Å². The second kappa shape index (κ2) is 11.9. The Bertz CT molecular complexity index is 164. The van der Waals surface area contributed by atoms with Crippen molar-refractivity contribution in [1.82, 2.24) is 0 Å². The lowest BCUT2D eigenvalue weighted by molar-refractivity contribution is 0.0115. The van der Waals surface area contributed by atoms with Crippen LogP contribution < -0.4 is 0 Å². The van der Waals surface area contributed by atoms with Crippen LogP contribution in [0.15, 0.2) is 0 Å². The molecule has 0 aliphatic heterocycles. The zero-order valence-corrected chi connectivity index (χ0v) is 14.3. The number of alkyl halides is 1. The molecule has 0 aliphatic carbocycles. The first-order chi connectivity index (χ1) is 8.06. The predicted octanol–water partition coefficient (Wildman–Crippen LogP) is 2.32. The standard InChI is InChI=1S/C11H25IO4Si/c1-17(2,3)16-11-10-15-9-8-14-7-6-13-5-4-12/h4-11H2,1-3H3. The number of ether oxygens (including phenoxy) is 3. The summed E-state index contributed by atoms with van der Waals surface area (Å²) in [6.07, 6.45) is 0. The Kier molecular flexibility index (Phi) is 12.4. The monoisotopic (exact) mass is 376 g/mol. The van der Waals surface area contributed by atoms with Gasteiger partial charge < -0.3 is 18.6 Å². The molecule has 0 saturated heterocycles. The van der Waals surface area contributed by atoms with Crippen LogP contribution in [-0.2, 0) is 18.6 Å². The van der Waals surface area contributed by atoms with Crippen molar-refractivity contribution in [2.24, 2.45) is 0 Å². The van der Waals surface area contributed by atoms with Crippen LogP contribution >= 0.6 is 22.6 Å². The Morgan fingerprint density at radius 1 is 0.706 bits per heavy atom. The summed E-state index contributed by atoms with van der Waals surface area (Å²) in [5.41, 5.74) is 0. The minimum atomic E-state index is -1.38. The van der Waals surface area contributed by atoms with E-state index in [9.17, 15) is 0 Å². The highest BCUT2D eigenvalue weighted by atomic mass is 127. The summed E-state index contributed by atoms with van der Waals surface area (Å²) in [7, 11) is -1.38. The molecule has 104 valence electrons. The van der Waals surface area contributed by atoms with Crippen molar-refractivity contribution in [2.75, 3.05) is 50.7 Å². The van der Waals surface area contributed by atoms with Gasteiger partial charge in [-0.2, -0.15) is 0 Å². The van der Waals surface area contributed by atoms with Crippen LogP contribution in [0, 0.1) is 0 Å². The van der Waals surface area contributed by atoms with Crippen molar-refractivity contribution < 1.29 is 18.6 Å². The van der Waals surface area contributed by atoms with Gasteiger partial charge in [0, 0.05) is 4.43 Å². The topological polar surface area (TPSA) is 36.9 Å². The summed E-state index contributed by atoms with van der Waals surface area (Å²) < 4.78 is 22.7. The van der Waals surface area contributed by atoms with E-state index in [0.29, 0.717) is 39.6 Å². The molecule has 0 unspecified atom stereocenters. The third-order valence-electron chi connectivity index (χ3n) is 1.73. The van der Waals surface area contributed by atoms with Crippen LogP contribution in [0.1, 0.15) is 0 Å². The highest BCUT2D eigenvalue weighted by Gasteiger charge is 2.12. The minimum Gasteiger partial charge on any atom is -0.415 e. The first-order valence-electron chi connectivity index (χ1n) is 5.99. The second-order valence-corrected chi connectivity index (χ2v) is 10.1. The third kappa shape index (κ3) is 16.8. The molecule has 0 aliphatic rings. The Morgan fingerprint density at radius 2 is 1.12 bits per heavy atom. The average Bonchev–Trinajstić information content (AvgIpc) is 2.24. The van der Waals surface area contributed by atoms with Crippen LogP contribution in [0.2, 0.25) is 19.6 Å². The Balaban J connectivity index is 2.99. The van der Waals surface area contributed by atoms with Crippen LogP contribution in [0.4, 0.5) is 0 Å². The van der Waals surface area contributed by atoms with Crippen molar-refractivity contribution in [3.8, 4) is 0 Å². The maximum Gasteiger partial charge on any atom is 0.183 e. The van der Waals surface area contributed by atoms with Crippen LogP contribution in [0.3, 0.4) is 0 Å². The molecular weight excluding hydrogens is 351 g/mol. The fraction of sp³-hybridized carbons (Fsp3) is 1.00. The molecule has 0 amide bonds. The van der Waals surface area contributed by atoms with Gasteiger partial charge in [0.1, 0.15) is 0 Å². The maximum atomic E-state index is 5.65. The van der Waals surface area contributed by atoms with Crippen LogP contribution in [0.25, 0.3) is 0 Å². The van der Waals surface area contributed by atoms with Crippen molar-refractivity contribution in [3.63, 3.8) is 0 Å². The van der Waals surface area contributed by atoms with E-state index in [2.05, 4.69) is 42.2 Å². The molecule has 0 N–H and O–H groups in total. The number of hydrogen-bond acceptors (Lipinski definition) is 4. The van der Waals surface area contributed by atoms with Crippen molar-refractivity contribution in [2.45, 2.75) is 19.6 Å². The van der Waals surface area contributed by atoms with Gasteiger partial charge in [-0.05, 0) is 19.6 Å². The maximum absolute atomic E-state index is 5.65. The number of halogens is 1. The lowest BCUT2D eigenvalue weighted by Crippen LogP contribution is -2.27. The molecule has 0 atom stereocenters. The van der Waals surface area contributed by atoms with Gasteiger partial charge in [-0.3, -0.25) is 0 Å². The van der Waals surface area contributed by atoms with Gasteiger partial charge in [0.2, 0.25) is 0 Å². The van der Waals surface area contributed by atoms with E-state index >= 15 is 0 Å². The van der Waals surface area contributed by atoms with E-state index in [0.717, 1.165) is 11.0 Å². The molecule has 0 aromatic heterocycles. The molecule has 0 bridgehead atoms. The van der Waals surface area contributed by atoms with Gasteiger partial charge in [0.15, 0.2) is 8.32 Å². The average molecular weight is 376 g/mol. The lowest BCUT2D eigenvalue weighted by Gasteiger charge is -2.16. The fourth-order valence-electron chi connectivity index (χ4n) is 1.00. The van der Waals surface area contributed by atoms with E-state index in [-0.39, 0.29) is 0 Å². The number of rotatable bonds is 12. The Hall–Kier alpha value is 0.787. The third-order valence-corrected chi connectivity index (χ3v) is 3.24. The molecular formula is C11H25IO4Si. The molecule has 0 saturated carbocycles. The molecule has 0 spiro atoms. The normalized spacial score (nSPS) is 12.0. The first-order valence-corrected chi connectivity index (χ1v) is 10.9. The Morgan fingerprint density at radius 3 is 1.53 bits per heavy atom. The van der Waals surface area contributed by atoms with Crippen LogP contribution in [-0.4, -0.2) is 59.0 Å². The summed E-state index contributed by atoms with van der Waals surface area (Å²) in [6, 6.07) is 0. The zero-order valence-electron chi connectivity index (χ0n) is 11.2. The first kappa shape index (κ1) is 17.8. The van der Waals surface area contributed by atoms with Gasteiger partial charge >= 0.3 is 0 Å². The fourth-order valence-corrected chi connectivity index (χ4v) is 2.01. The van der Waals surface area contributed by atoms with E-state index in [1.165, 1.54) is 0 Å². The summed E-state index contributed by atoms with van der Waals surface area (Å²) >= 11 is 2.29. The van der Waals surface area contributed by atoms with Gasteiger partial charge in [-0.15, -0.1) is 0 Å².